The van der Waals surface area contributed by atoms with Gasteiger partial charge < -0.3 is 14.7 Å². The van der Waals surface area contributed by atoms with Gasteiger partial charge in [0.05, 0.1) is 4.34 Å². The topological polar surface area (TPSA) is 49.8 Å². The summed E-state index contributed by atoms with van der Waals surface area (Å²) in [5.74, 6) is -3.04. The first kappa shape index (κ1) is 15.0. The quantitative estimate of drug-likeness (QED) is 0.781. The van der Waals surface area contributed by atoms with Crippen molar-refractivity contribution in [2.75, 3.05) is 13.2 Å². The van der Waals surface area contributed by atoms with Crippen LogP contribution in [0.25, 0.3) is 0 Å². The van der Waals surface area contributed by atoms with Gasteiger partial charge in [0.2, 0.25) is 0 Å². The summed E-state index contributed by atoms with van der Waals surface area (Å²) in [6, 6.07) is 1.01. The molecule has 1 aromatic heterocycles. The van der Waals surface area contributed by atoms with Crippen LogP contribution in [0, 0.1) is 0 Å². The lowest BCUT2D eigenvalue weighted by atomic mass is 9.81. The molecule has 3 rings (SSSR count). The lowest BCUT2D eigenvalue weighted by molar-refractivity contribution is -0.185. The number of hydrogen-bond acceptors (Lipinski definition) is 3. The fourth-order valence-corrected chi connectivity index (χ4v) is 4.64. The first-order valence-electron chi connectivity index (χ1n) is 6.57. The number of halogens is 3. The van der Waals surface area contributed by atoms with Crippen LogP contribution >= 0.6 is 22.9 Å². The number of rotatable bonds is 0. The van der Waals surface area contributed by atoms with Crippen LogP contribution in [0.1, 0.15) is 30.2 Å². The number of thiophene rings is 1. The predicted octanol–water partition coefficient (Wildman–Crippen LogP) is 3.88. The van der Waals surface area contributed by atoms with Crippen molar-refractivity contribution in [3.05, 3.63) is 20.8 Å². The van der Waals surface area contributed by atoms with Crippen LogP contribution in [0.2, 0.25) is 4.34 Å². The smallest absolute Gasteiger partial charge is 0.407 e. The van der Waals surface area contributed by atoms with Gasteiger partial charge in [-0.3, -0.25) is 0 Å². The number of carbonyl (C=O) groups is 1. The summed E-state index contributed by atoms with van der Waals surface area (Å²) in [5, 5.41) is 9.12. The van der Waals surface area contributed by atoms with E-state index >= 15 is 0 Å². The number of ether oxygens (including phenoxy) is 1. The largest absolute Gasteiger partial charge is 0.465 e. The Morgan fingerprint density at radius 2 is 2.33 bits per heavy atom. The SMILES string of the molecule is CC1CC2(CCN1C(=O)O)OCC(F)(F)c1cc(Cl)sc12. The molecule has 2 unspecified atom stereocenters. The molecular weight excluding hydrogens is 324 g/mol. The second-order valence-corrected chi connectivity index (χ2v) is 7.24. The fourth-order valence-electron chi connectivity index (χ4n) is 3.18. The molecule has 1 saturated heterocycles. The van der Waals surface area contributed by atoms with Gasteiger partial charge in [0.25, 0.3) is 5.92 Å². The van der Waals surface area contributed by atoms with Gasteiger partial charge in [-0.05, 0) is 19.4 Å². The van der Waals surface area contributed by atoms with Crippen molar-refractivity contribution in [3.8, 4) is 0 Å². The van der Waals surface area contributed by atoms with Crippen LogP contribution in [0.4, 0.5) is 13.6 Å². The summed E-state index contributed by atoms with van der Waals surface area (Å²) in [7, 11) is 0. The van der Waals surface area contributed by atoms with E-state index in [4.69, 9.17) is 21.4 Å². The standard InChI is InChI=1S/C13H14ClF2NO3S/c1-7-5-12(2-3-17(7)11(18)19)10-8(4-9(14)21-10)13(15,16)6-20-12/h4,7H,2-3,5-6H2,1H3,(H,18,19). The van der Waals surface area contributed by atoms with Crippen LogP contribution in [-0.2, 0) is 16.3 Å². The Labute approximate surface area is 129 Å². The van der Waals surface area contributed by atoms with Crippen molar-refractivity contribution in [1.29, 1.82) is 0 Å². The summed E-state index contributed by atoms with van der Waals surface area (Å²) < 4.78 is 33.8. The molecule has 3 heterocycles. The summed E-state index contributed by atoms with van der Waals surface area (Å²) in [4.78, 5) is 12.9. The van der Waals surface area contributed by atoms with Gasteiger partial charge in [-0.25, -0.2) is 4.79 Å². The highest BCUT2D eigenvalue weighted by molar-refractivity contribution is 7.16. The van der Waals surface area contributed by atoms with Gasteiger partial charge in [-0.1, -0.05) is 11.6 Å². The number of nitrogens with zero attached hydrogens (tertiary/aromatic N) is 1. The molecule has 2 aliphatic heterocycles. The maximum atomic E-state index is 14.0. The molecule has 1 spiro atoms. The number of fused-ring (bicyclic) bond motifs is 2. The molecule has 8 heteroatoms. The zero-order valence-electron chi connectivity index (χ0n) is 11.2. The van der Waals surface area contributed by atoms with E-state index in [1.165, 1.54) is 11.0 Å². The Morgan fingerprint density at radius 1 is 1.62 bits per heavy atom. The number of likely N-dealkylation sites (tertiary alicyclic amines) is 1. The zero-order valence-corrected chi connectivity index (χ0v) is 12.8. The van der Waals surface area contributed by atoms with Crippen LogP contribution in [0.3, 0.4) is 0 Å². The molecule has 0 radical (unpaired) electrons. The monoisotopic (exact) mass is 337 g/mol. The van der Waals surface area contributed by atoms with E-state index in [-0.39, 0.29) is 18.2 Å². The van der Waals surface area contributed by atoms with Crippen molar-refractivity contribution in [3.63, 3.8) is 0 Å². The fraction of sp³-hybridized carbons (Fsp3) is 0.615. The van der Waals surface area contributed by atoms with Crippen LogP contribution < -0.4 is 0 Å². The Hall–Kier alpha value is -0.920. The number of alkyl halides is 2. The van der Waals surface area contributed by atoms with E-state index < -0.39 is 24.2 Å². The van der Waals surface area contributed by atoms with E-state index in [1.54, 1.807) is 6.92 Å². The lowest BCUT2D eigenvalue weighted by Crippen LogP contribution is -2.53. The summed E-state index contributed by atoms with van der Waals surface area (Å²) in [6.45, 7) is 1.34. The summed E-state index contributed by atoms with van der Waals surface area (Å²) in [5.41, 5.74) is -0.917. The minimum atomic E-state index is -3.04. The molecular formula is C13H14ClF2NO3S. The molecule has 0 saturated carbocycles. The molecule has 1 fully saturated rings. The second-order valence-electron chi connectivity index (χ2n) is 5.56. The number of hydrogen-bond donors (Lipinski definition) is 1. The molecule has 1 aromatic rings. The van der Waals surface area contributed by atoms with Crippen molar-refractivity contribution < 1.29 is 23.4 Å². The molecule has 0 aromatic carbocycles. The van der Waals surface area contributed by atoms with E-state index in [9.17, 15) is 13.6 Å². The molecule has 1 N–H and O–H groups in total. The molecule has 0 aliphatic carbocycles. The van der Waals surface area contributed by atoms with Crippen molar-refractivity contribution in [2.24, 2.45) is 0 Å². The highest BCUT2D eigenvalue weighted by atomic mass is 35.5. The third-order valence-corrected chi connectivity index (χ3v) is 5.65. The highest BCUT2D eigenvalue weighted by Crippen LogP contribution is 2.53. The number of piperidine rings is 1. The summed E-state index contributed by atoms with van der Waals surface area (Å²) >= 11 is 7.03. The highest BCUT2D eigenvalue weighted by Gasteiger charge is 2.53. The van der Waals surface area contributed by atoms with E-state index in [2.05, 4.69) is 0 Å². The van der Waals surface area contributed by atoms with Gasteiger partial charge in [0.1, 0.15) is 12.2 Å². The van der Waals surface area contributed by atoms with Gasteiger partial charge in [-0.15, -0.1) is 11.3 Å². The van der Waals surface area contributed by atoms with E-state index in [1.807, 2.05) is 0 Å². The predicted molar refractivity (Wildman–Crippen MR) is 74.3 cm³/mol. The Kier molecular flexibility index (Phi) is 3.42. The molecule has 2 atom stereocenters. The first-order valence-corrected chi connectivity index (χ1v) is 7.76. The normalized spacial score (nSPS) is 31.2. The third kappa shape index (κ3) is 2.31. The van der Waals surface area contributed by atoms with E-state index in [0.717, 1.165) is 11.3 Å². The maximum Gasteiger partial charge on any atom is 0.407 e. The second kappa shape index (κ2) is 4.79. The maximum absolute atomic E-state index is 14.0. The van der Waals surface area contributed by atoms with Gasteiger partial charge in [0.15, 0.2) is 0 Å². The van der Waals surface area contributed by atoms with Crippen LogP contribution in [0.15, 0.2) is 6.07 Å². The summed E-state index contributed by atoms with van der Waals surface area (Å²) in [6.07, 6.45) is -0.272. The van der Waals surface area contributed by atoms with Crippen LogP contribution in [0.5, 0.6) is 0 Å². The average molecular weight is 338 g/mol. The molecule has 21 heavy (non-hydrogen) atoms. The zero-order chi connectivity index (χ0) is 15.4. The molecule has 1 amide bonds. The molecule has 4 nitrogen and oxygen atoms in total. The molecule has 116 valence electrons. The van der Waals surface area contributed by atoms with Crippen molar-refractivity contribution in [1.82, 2.24) is 4.90 Å². The van der Waals surface area contributed by atoms with E-state index in [0.29, 0.717) is 22.1 Å². The van der Waals surface area contributed by atoms with Gasteiger partial charge >= 0.3 is 6.09 Å². The molecule has 2 aliphatic rings. The Morgan fingerprint density at radius 3 is 2.95 bits per heavy atom. The molecule has 0 bridgehead atoms. The Bertz CT molecular complexity index is 594. The first-order chi connectivity index (χ1) is 9.75. The number of carboxylic acid groups (broad SMARTS) is 1. The van der Waals surface area contributed by atoms with Gasteiger partial charge in [-0.2, -0.15) is 8.78 Å². The minimum Gasteiger partial charge on any atom is -0.465 e. The minimum absolute atomic E-state index is 0.0697. The van der Waals surface area contributed by atoms with Gasteiger partial charge in [0, 0.05) is 29.4 Å². The average Bonchev–Trinajstić information content (AvgIpc) is 2.79. The van der Waals surface area contributed by atoms with Crippen molar-refractivity contribution in [2.45, 2.75) is 37.3 Å². The lowest BCUT2D eigenvalue weighted by Gasteiger charge is -2.47. The van der Waals surface area contributed by atoms with Crippen molar-refractivity contribution >= 4 is 29.0 Å². The Balaban J connectivity index is 1.99. The number of amides is 1. The third-order valence-electron chi connectivity index (χ3n) is 4.20. The van der Waals surface area contributed by atoms with Crippen LogP contribution in [-0.4, -0.2) is 35.3 Å².